The highest BCUT2D eigenvalue weighted by Gasteiger charge is 2.36. The molecule has 12 heavy (non-hydrogen) atoms. The van der Waals surface area contributed by atoms with Crippen LogP contribution in [0.5, 0.6) is 0 Å². The molecule has 0 saturated heterocycles. The van der Waals surface area contributed by atoms with E-state index in [0.29, 0.717) is 12.8 Å². The number of methoxy groups -OCH3 is 1. The Balaban J connectivity index is 2.50. The normalized spacial score (nSPS) is 26.9. The maximum absolute atomic E-state index is 10.7. The van der Waals surface area contributed by atoms with Crippen molar-refractivity contribution in [3.05, 3.63) is 11.6 Å². The first-order valence-electron chi connectivity index (χ1n) is 3.78. The molecule has 3 heteroatoms. The van der Waals surface area contributed by atoms with E-state index < -0.39 is 0 Å². The molecule has 0 aliphatic heterocycles. The van der Waals surface area contributed by atoms with Crippen molar-refractivity contribution in [1.29, 1.82) is 5.26 Å². The van der Waals surface area contributed by atoms with Crippen LogP contribution in [0.15, 0.2) is 11.6 Å². The van der Waals surface area contributed by atoms with Crippen LogP contribution in [0.2, 0.25) is 0 Å². The Hall–Kier alpha value is -1.30. The van der Waals surface area contributed by atoms with E-state index in [1.807, 2.05) is 6.92 Å². The van der Waals surface area contributed by atoms with Gasteiger partial charge in [0.2, 0.25) is 0 Å². The van der Waals surface area contributed by atoms with Gasteiger partial charge in [-0.05, 0) is 19.8 Å². The average molecular weight is 165 g/mol. The fraction of sp³-hybridized carbons (Fsp3) is 0.556. The highest BCUT2D eigenvalue weighted by Crippen LogP contribution is 2.43. The Kier molecular flexibility index (Phi) is 2.18. The lowest BCUT2D eigenvalue weighted by molar-refractivity contribution is -0.134. The molecule has 64 valence electrons. The lowest BCUT2D eigenvalue weighted by Gasteiger charge is -2.33. The number of ether oxygens (including phenoxy) is 1. The largest absolute Gasteiger partial charge is 0.466 e. The van der Waals surface area contributed by atoms with Crippen LogP contribution in [0.4, 0.5) is 0 Å². The zero-order chi connectivity index (χ0) is 9.19. The lowest BCUT2D eigenvalue weighted by Crippen LogP contribution is -2.26. The van der Waals surface area contributed by atoms with Crippen molar-refractivity contribution in [3.8, 4) is 6.07 Å². The molecular weight excluding hydrogens is 154 g/mol. The number of allylic oxidation sites excluding steroid dienone is 1. The third-order valence-electron chi connectivity index (χ3n) is 2.03. The second kappa shape index (κ2) is 2.98. The Labute approximate surface area is 71.6 Å². The van der Waals surface area contributed by atoms with Gasteiger partial charge in [-0.2, -0.15) is 5.26 Å². The third kappa shape index (κ3) is 1.65. The Morgan fingerprint density at radius 3 is 2.75 bits per heavy atom. The first-order valence-corrected chi connectivity index (χ1v) is 3.78. The fourth-order valence-electron chi connectivity index (χ4n) is 1.36. The van der Waals surface area contributed by atoms with E-state index in [1.54, 1.807) is 0 Å². The second-order valence-corrected chi connectivity index (χ2v) is 3.35. The standard InChI is InChI=1S/C9H11NO2/c1-9(6-10)4-7(5-9)3-8(11)12-2/h3H,4-5H2,1-2H3. The number of rotatable bonds is 1. The molecular formula is C9H11NO2. The van der Waals surface area contributed by atoms with Crippen LogP contribution < -0.4 is 0 Å². The molecule has 0 aromatic rings. The quantitative estimate of drug-likeness (QED) is 0.436. The van der Waals surface area contributed by atoms with E-state index in [0.717, 1.165) is 5.57 Å². The fourth-order valence-corrected chi connectivity index (χ4v) is 1.36. The summed E-state index contributed by atoms with van der Waals surface area (Å²) in [7, 11) is 1.35. The van der Waals surface area contributed by atoms with Crippen LogP contribution in [0, 0.1) is 16.7 Å². The summed E-state index contributed by atoms with van der Waals surface area (Å²) in [4.78, 5) is 10.7. The Morgan fingerprint density at radius 2 is 2.33 bits per heavy atom. The van der Waals surface area contributed by atoms with E-state index in [-0.39, 0.29) is 11.4 Å². The summed E-state index contributed by atoms with van der Waals surface area (Å²) in [5.74, 6) is -0.329. The molecule has 0 unspecified atom stereocenters. The zero-order valence-electron chi connectivity index (χ0n) is 7.26. The van der Waals surface area contributed by atoms with Gasteiger partial charge >= 0.3 is 5.97 Å². The molecule has 3 nitrogen and oxygen atoms in total. The molecule has 0 aromatic carbocycles. The molecule has 0 radical (unpaired) electrons. The van der Waals surface area contributed by atoms with Crippen molar-refractivity contribution >= 4 is 5.97 Å². The van der Waals surface area contributed by atoms with Crippen molar-refractivity contribution in [3.63, 3.8) is 0 Å². The molecule has 0 heterocycles. The van der Waals surface area contributed by atoms with Gasteiger partial charge in [-0.3, -0.25) is 0 Å². The molecule has 1 saturated carbocycles. The van der Waals surface area contributed by atoms with Crippen molar-refractivity contribution < 1.29 is 9.53 Å². The number of hydrogen-bond donors (Lipinski definition) is 0. The SMILES string of the molecule is COC(=O)C=C1CC(C)(C#N)C1. The van der Waals surface area contributed by atoms with Gasteiger partial charge in [-0.1, -0.05) is 5.57 Å². The van der Waals surface area contributed by atoms with E-state index in [2.05, 4.69) is 10.8 Å². The Morgan fingerprint density at radius 1 is 1.75 bits per heavy atom. The molecule has 0 spiro atoms. The molecule has 0 N–H and O–H groups in total. The predicted molar refractivity (Wildman–Crippen MR) is 43.1 cm³/mol. The molecule has 1 aliphatic carbocycles. The van der Waals surface area contributed by atoms with Gasteiger partial charge in [0, 0.05) is 6.08 Å². The van der Waals surface area contributed by atoms with Crippen LogP contribution >= 0.6 is 0 Å². The van der Waals surface area contributed by atoms with Gasteiger partial charge in [0.15, 0.2) is 0 Å². The smallest absolute Gasteiger partial charge is 0.330 e. The van der Waals surface area contributed by atoms with Crippen LogP contribution in [-0.4, -0.2) is 13.1 Å². The van der Waals surface area contributed by atoms with E-state index >= 15 is 0 Å². The maximum atomic E-state index is 10.7. The van der Waals surface area contributed by atoms with Gasteiger partial charge < -0.3 is 4.74 Å². The minimum absolute atomic E-state index is 0.250. The lowest BCUT2D eigenvalue weighted by atomic mass is 9.68. The van der Waals surface area contributed by atoms with Crippen molar-refractivity contribution in [1.82, 2.24) is 0 Å². The number of carbonyl (C=O) groups excluding carboxylic acids is 1. The topological polar surface area (TPSA) is 50.1 Å². The monoisotopic (exact) mass is 165 g/mol. The van der Waals surface area contributed by atoms with Crippen molar-refractivity contribution in [2.75, 3.05) is 7.11 Å². The second-order valence-electron chi connectivity index (χ2n) is 3.35. The highest BCUT2D eigenvalue weighted by atomic mass is 16.5. The predicted octanol–water partition coefficient (Wildman–Crippen LogP) is 1.41. The van der Waals surface area contributed by atoms with Crippen LogP contribution in [0.1, 0.15) is 19.8 Å². The van der Waals surface area contributed by atoms with Gasteiger partial charge in [-0.15, -0.1) is 0 Å². The zero-order valence-corrected chi connectivity index (χ0v) is 7.26. The molecule has 0 bridgehead atoms. The number of hydrogen-bond acceptors (Lipinski definition) is 3. The summed E-state index contributed by atoms with van der Waals surface area (Å²) in [5.41, 5.74) is 0.755. The minimum atomic E-state index is -0.329. The molecule has 0 amide bonds. The van der Waals surface area contributed by atoms with Crippen LogP contribution in [0.3, 0.4) is 0 Å². The molecule has 1 aliphatic rings. The number of nitrogens with zero attached hydrogens (tertiary/aromatic N) is 1. The summed E-state index contributed by atoms with van der Waals surface area (Å²) in [6.45, 7) is 1.89. The molecule has 1 rings (SSSR count). The van der Waals surface area contributed by atoms with Crippen molar-refractivity contribution in [2.45, 2.75) is 19.8 Å². The molecule has 0 aromatic heterocycles. The van der Waals surface area contributed by atoms with Gasteiger partial charge in [-0.25, -0.2) is 4.79 Å². The third-order valence-corrected chi connectivity index (χ3v) is 2.03. The summed E-state index contributed by atoms with van der Waals surface area (Å²) >= 11 is 0. The first-order chi connectivity index (χ1) is 5.59. The minimum Gasteiger partial charge on any atom is -0.466 e. The van der Waals surface area contributed by atoms with Crippen LogP contribution in [-0.2, 0) is 9.53 Å². The summed E-state index contributed by atoms with van der Waals surface area (Å²) < 4.78 is 4.46. The number of esters is 1. The average Bonchev–Trinajstić information content (AvgIpc) is 2.01. The van der Waals surface area contributed by atoms with E-state index in [9.17, 15) is 4.79 Å². The summed E-state index contributed by atoms with van der Waals surface area (Å²) in [6, 6.07) is 2.21. The van der Waals surface area contributed by atoms with Crippen LogP contribution in [0.25, 0.3) is 0 Å². The van der Waals surface area contributed by atoms with E-state index in [4.69, 9.17) is 5.26 Å². The highest BCUT2D eigenvalue weighted by molar-refractivity contribution is 5.83. The van der Waals surface area contributed by atoms with Gasteiger partial charge in [0.1, 0.15) is 0 Å². The molecule has 1 fully saturated rings. The summed E-state index contributed by atoms with van der Waals surface area (Å²) in [6.07, 6.45) is 2.86. The number of carbonyl (C=O) groups is 1. The Bertz CT molecular complexity index is 265. The van der Waals surface area contributed by atoms with E-state index in [1.165, 1.54) is 13.2 Å². The van der Waals surface area contributed by atoms with Gasteiger partial charge in [0.25, 0.3) is 0 Å². The maximum Gasteiger partial charge on any atom is 0.330 e. The summed E-state index contributed by atoms with van der Waals surface area (Å²) in [5, 5.41) is 8.66. The molecule has 0 atom stereocenters. The van der Waals surface area contributed by atoms with Crippen molar-refractivity contribution in [2.24, 2.45) is 5.41 Å². The first kappa shape index (κ1) is 8.79. The van der Waals surface area contributed by atoms with Gasteiger partial charge in [0.05, 0.1) is 18.6 Å². The number of nitriles is 1.